The Bertz CT molecular complexity index is 339. The minimum atomic E-state index is -0.525. The summed E-state index contributed by atoms with van der Waals surface area (Å²) >= 11 is 0. The molecule has 0 radical (unpaired) electrons. The molecule has 1 saturated carbocycles. The maximum absolute atomic E-state index is 13.1. The highest BCUT2D eigenvalue weighted by Crippen LogP contribution is 2.19. The molecule has 0 heterocycles. The lowest BCUT2D eigenvalue weighted by atomic mass is 10.3. The van der Waals surface area contributed by atoms with Crippen LogP contribution in [0.5, 0.6) is 5.75 Å². The Labute approximate surface area is 87.2 Å². The molecule has 1 N–H and O–H groups in total. The molecule has 2 rings (SSSR count). The molecule has 82 valence electrons. The summed E-state index contributed by atoms with van der Waals surface area (Å²) in [4.78, 5) is 0. The van der Waals surface area contributed by atoms with Crippen LogP contribution >= 0.6 is 0 Å². The van der Waals surface area contributed by atoms with E-state index < -0.39 is 11.6 Å². The van der Waals surface area contributed by atoms with E-state index in [0.29, 0.717) is 19.2 Å². The van der Waals surface area contributed by atoms with Gasteiger partial charge in [-0.1, -0.05) is 0 Å². The van der Waals surface area contributed by atoms with Crippen LogP contribution in [-0.2, 0) is 0 Å². The molecule has 0 aliphatic heterocycles. The van der Waals surface area contributed by atoms with Crippen LogP contribution in [0, 0.1) is 11.6 Å². The van der Waals surface area contributed by atoms with Crippen molar-refractivity contribution >= 4 is 0 Å². The molecule has 1 aromatic carbocycles. The van der Waals surface area contributed by atoms with Crippen LogP contribution in [-0.4, -0.2) is 19.2 Å². The molecule has 1 aliphatic carbocycles. The second kappa shape index (κ2) is 4.57. The topological polar surface area (TPSA) is 21.3 Å². The SMILES string of the molecule is Fc1ccc(F)c(OCCNC2CC2)c1. The van der Waals surface area contributed by atoms with Crippen molar-refractivity contribution in [2.45, 2.75) is 18.9 Å². The smallest absolute Gasteiger partial charge is 0.165 e. The predicted octanol–water partition coefficient (Wildman–Crippen LogP) is 2.10. The van der Waals surface area contributed by atoms with Gasteiger partial charge in [-0.2, -0.15) is 0 Å². The molecule has 1 aliphatic rings. The fourth-order valence-electron chi connectivity index (χ4n) is 1.30. The summed E-state index contributed by atoms with van der Waals surface area (Å²) < 4.78 is 30.9. The maximum atomic E-state index is 13.1. The van der Waals surface area contributed by atoms with Crippen molar-refractivity contribution in [2.24, 2.45) is 0 Å². The molecule has 0 atom stereocenters. The minimum Gasteiger partial charge on any atom is -0.489 e. The van der Waals surface area contributed by atoms with Gasteiger partial charge in [0, 0.05) is 18.7 Å². The molecule has 15 heavy (non-hydrogen) atoms. The zero-order valence-electron chi connectivity index (χ0n) is 8.30. The molecule has 1 fully saturated rings. The molecule has 0 amide bonds. The van der Waals surface area contributed by atoms with Gasteiger partial charge in [0.25, 0.3) is 0 Å². The summed E-state index contributed by atoms with van der Waals surface area (Å²) in [5.41, 5.74) is 0. The third kappa shape index (κ3) is 3.16. The zero-order chi connectivity index (χ0) is 10.7. The molecule has 0 unspecified atom stereocenters. The van der Waals surface area contributed by atoms with Gasteiger partial charge in [-0.25, -0.2) is 8.78 Å². The van der Waals surface area contributed by atoms with Gasteiger partial charge in [0.05, 0.1) is 0 Å². The van der Waals surface area contributed by atoms with Gasteiger partial charge in [0.15, 0.2) is 11.6 Å². The number of ether oxygens (including phenoxy) is 1. The fraction of sp³-hybridized carbons (Fsp3) is 0.455. The van der Waals surface area contributed by atoms with Crippen LogP contribution in [0.3, 0.4) is 0 Å². The standard InChI is InChI=1S/C11H13F2NO/c12-8-1-4-10(13)11(7-8)15-6-5-14-9-2-3-9/h1,4,7,9,14H,2-3,5-6H2. The third-order valence-corrected chi connectivity index (χ3v) is 2.26. The van der Waals surface area contributed by atoms with E-state index in [9.17, 15) is 8.78 Å². The van der Waals surface area contributed by atoms with E-state index in [-0.39, 0.29) is 5.75 Å². The summed E-state index contributed by atoms with van der Waals surface area (Å²) in [7, 11) is 0. The van der Waals surface area contributed by atoms with Crippen LogP contribution in [0.15, 0.2) is 18.2 Å². The van der Waals surface area contributed by atoms with Crippen molar-refractivity contribution in [1.82, 2.24) is 5.32 Å². The van der Waals surface area contributed by atoms with Crippen molar-refractivity contribution < 1.29 is 13.5 Å². The molecule has 0 aromatic heterocycles. The van der Waals surface area contributed by atoms with E-state index in [0.717, 1.165) is 18.2 Å². The zero-order valence-corrected chi connectivity index (χ0v) is 8.30. The van der Waals surface area contributed by atoms with E-state index in [1.165, 1.54) is 12.8 Å². The van der Waals surface area contributed by atoms with Crippen molar-refractivity contribution in [3.8, 4) is 5.75 Å². The Morgan fingerprint density at radius 1 is 1.33 bits per heavy atom. The van der Waals surface area contributed by atoms with Gasteiger partial charge in [0.2, 0.25) is 0 Å². The molecule has 2 nitrogen and oxygen atoms in total. The number of rotatable bonds is 5. The lowest BCUT2D eigenvalue weighted by Gasteiger charge is -2.07. The Morgan fingerprint density at radius 2 is 2.13 bits per heavy atom. The summed E-state index contributed by atoms with van der Waals surface area (Å²) in [5.74, 6) is -1.03. The molecular formula is C11H13F2NO. The first-order chi connectivity index (χ1) is 7.25. The number of nitrogens with one attached hydrogen (secondary N) is 1. The minimum absolute atomic E-state index is 0.0207. The van der Waals surface area contributed by atoms with Crippen molar-refractivity contribution in [3.63, 3.8) is 0 Å². The van der Waals surface area contributed by atoms with Gasteiger partial charge in [0.1, 0.15) is 12.4 Å². The van der Waals surface area contributed by atoms with Crippen LogP contribution in [0.4, 0.5) is 8.78 Å². The van der Waals surface area contributed by atoms with E-state index in [1.54, 1.807) is 0 Å². The Balaban J connectivity index is 1.78. The summed E-state index contributed by atoms with van der Waals surface area (Å²) in [5, 5.41) is 3.22. The second-order valence-corrected chi connectivity index (χ2v) is 3.65. The highest BCUT2D eigenvalue weighted by Gasteiger charge is 2.19. The van der Waals surface area contributed by atoms with Crippen molar-refractivity contribution in [3.05, 3.63) is 29.8 Å². The number of halogens is 2. The molecule has 0 spiro atoms. The van der Waals surface area contributed by atoms with Crippen molar-refractivity contribution in [1.29, 1.82) is 0 Å². The van der Waals surface area contributed by atoms with Crippen LogP contribution in [0.1, 0.15) is 12.8 Å². The molecule has 0 bridgehead atoms. The van der Waals surface area contributed by atoms with Gasteiger partial charge >= 0.3 is 0 Å². The predicted molar refractivity (Wildman–Crippen MR) is 52.9 cm³/mol. The number of hydrogen-bond acceptors (Lipinski definition) is 2. The van der Waals surface area contributed by atoms with Gasteiger partial charge in [-0.3, -0.25) is 0 Å². The lowest BCUT2D eigenvalue weighted by molar-refractivity contribution is 0.296. The summed E-state index contributed by atoms with van der Waals surface area (Å²) in [6, 6.07) is 3.81. The van der Waals surface area contributed by atoms with Crippen LogP contribution in [0.25, 0.3) is 0 Å². The average Bonchev–Trinajstić information content (AvgIpc) is 3.01. The van der Waals surface area contributed by atoms with Gasteiger partial charge in [-0.05, 0) is 25.0 Å². The van der Waals surface area contributed by atoms with E-state index in [4.69, 9.17) is 4.74 Å². The highest BCUT2D eigenvalue weighted by molar-refractivity contribution is 5.24. The van der Waals surface area contributed by atoms with Crippen LogP contribution < -0.4 is 10.1 Å². The Morgan fingerprint density at radius 3 is 2.87 bits per heavy atom. The first-order valence-electron chi connectivity index (χ1n) is 5.07. The average molecular weight is 213 g/mol. The number of benzene rings is 1. The lowest BCUT2D eigenvalue weighted by Crippen LogP contribution is -2.23. The molecule has 1 aromatic rings. The van der Waals surface area contributed by atoms with Gasteiger partial charge in [-0.15, -0.1) is 0 Å². The molecular weight excluding hydrogens is 200 g/mol. The normalized spacial score (nSPS) is 15.3. The monoisotopic (exact) mass is 213 g/mol. The van der Waals surface area contributed by atoms with Crippen LogP contribution in [0.2, 0.25) is 0 Å². The first-order valence-corrected chi connectivity index (χ1v) is 5.07. The summed E-state index contributed by atoms with van der Waals surface area (Å²) in [6.07, 6.45) is 2.41. The van der Waals surface area contributed by atoms with E-state index in [1.807, 2.05) is 0 Å². The third-order valence-electron chi connectivity index (χ3n) is 2.26. The number of hydrogen-bond donors (Lipinski definition) is 1. The van der Waals surface area contributed by atoms with Gasteiger partial charge < -0.3 is 10.1 Å². The maximum Gasteiger partial charge on any atom is 0.165 e. The first kappa shape index (κ1) is 10.4. The fourth-order valence-corrected chi connectivity index (χ4v) is 1.30. The quantitative estimate of drug-likeness (QED) is 0.756. The molecule has 0 saturated heterocycles. The largest absolute Gasteiger partial charge is 0.489 e. The Hall–Kier alpha value is -1.16. The molecule has 4 heteroatoms. The second-order valence-electron chi connectivity index (χ2n) is 3.65. The van der Waals surface area contributed by atoms with E-state index >= 15 is 0 Å². The summed E-state index contributed by atoms with van der Waals surface area (Å²) in [6.45, 7) is 1.03. The highest BCUT2D eigenvalue weighted by atomic mass is 19.1. The van der Waals surface area contributed by atoms with E-state index in [2.05, 4.69) is 5.32 Å². The van der Waals surface area contributed by atoms with Crippen molar-refractivity contribution in [2.75, 3.05) is 13.2 Å². The Kier molecular flexibility index (Phi) is 3.16.